The number of carbonyl (C=O) groups is 2. The Labute approximate surface area is 244 Å². The average Bonchev–Trinajstić information content (AvgIpc) is 3.56. The van der Waals surface area contributed by atoms with Crippen molar-refractivity contribution >= 4 is 29.4 Å². The van der Waals surface area contributed by atoms with Crippen molar-refractivity contribution in [1.82, 2.24) is 4.57 Å². The van der Waals surface area contributed by atoms with E-state index >= 15 is 0 Å². The van der Waals surface area contributed by atoms with Gasteiger partial charge in [-0.2, -0.15) is 0 Å². The van der Waals surface area contributed by atoms with E-state index in [1.807, 2.05) is 6.92 Å². The number of fused-ring (bicyclic) bond motifs is 1. The van der Waals surface area contributed by atoms with E-state index in [-0.39, 0.29) is 23.3 Å². The number of carboxylic acid groups (broad SMARTS) is 1. The van der Waals surface area contributed by atoms with Gasteiger partial charge in [-0.15, -0.1) is 0 Å². The number of ether oxygens (including phenoxy) is 3. The van der Waals surface area contributed by atoms with E-state index < -0.39 is 18.0 Å². The fourth-order valence-corrected chi connectivity index (χ4v) is 5.88. The number of aromatic nitrogens is 1. The van der Waals surface area contributed by atoms with Crippen LogP contribution in [0.3, 0.4) is 0 Å². The van der Waals surface area contributed by atoms with Crippen LogP contribution in [0.5, 0.6) is 11.5 Å². The normalized spacial score (nSPS) is 14.8. The third kappa shape index (κ3) is 5.14. The number of thiazole rings is 1. The van der Waals surface area contributed by atoms with Gasteiger partial charge >= 0.3 is 11.9 Å². The molecule has 0 saturated heterocycles. The third-order valence-electron chi connectivity index (χ3n) is 6.90. The lowest BCUT2D eigenvalue weighted by molar-refractivity contribution is -0.139. The molecule has 2 aromatic heterocycles. The van der Waals surface area contributed by atoms with Crippen LogP contribution in [0.25, 0.3) is 17.4 Å². The predicted molar refractivity (Wildman–Crippen MR) is 156 cm³/mol. The van der Waals surface area contributed by atoms with Crippen molar-refractivity contribution in [3.63, 3.8) is 0 Å². The molecule has 10 nitrogen and oxygen atoms in total. The minimum absolute atomic E-state index is 0.142. The van der Waals surface area contributed by atoms with E-state index in [2.05, 4.69) is 4.99 Å². The quantitative estimate of drug-likeness (QED) is 0.305. The minimum atomic E-state index is -1.04. The van der Waals surface area contributed by atoms with Gasteiger partial charge in [-0.3, -0.25) is 9.36 Å². The van der Waals surface area contributed by atoms with Gasteiger partial charge in [0, 0.05) is 23.3 Å². The Kier molecular flexibility index (Phi) is 7.86. The summed E-state index contributed by atoms with van der Waals surface area (Å²) in [5.41, 5.74) is 2.47. The Morgan fingerprint density at radius 3 is 2.57 bits per heavy atom. The zero-order valence-electron chi connectivity index (χ0n) is 23.6. The van der Waals surface area contributed by atoms with Crippen LogP contribution < -0.4 is 24.4 Å². The Morgan fingerprint density at radius 1 is 1.10 bits per heavy atom. The number of allylic oxidation sites excluding steroid dienone is 1. The summed E-state index contributed by atoms with van der Waals surface area (Å²) < 4.78 is 24.2. The standard InChI is InChI=1S/C31H28N2O8S/c1-6-40-30(37)26-17(3)32-31-33(27(26)21-11-9-19(38-4)14-24(21)39-5)28(34)25(42-31)15-20-10-12-23(41-20)22-13-18(29(35)36)8-7-16(22)2/h7-15,27H,6H2,1-5H3,(H,35,36). The Morgan fingerprint density at radius 2 is 1.88 bits per heavy atom. The van der Waals surface area contributed by atoms with Crippen LogP contribution in [0.15, 0.2) is 74.0 Å². The molecule has 1 N–H and O–H groups in total. The van der Waals surface area contributed by atoms with E-state index in [1.54, 1.807) is 62.4 Å². The Bertz CT molecular complexity index is 1930. The number of methoxy groups -OCH3 is 2. The van der Waals surface area contributed by atoms with Crippen molar-refractivity contribution in [3.05, 3.63) is 102 Å². The second kappa shape index (κ2) is 11.5. The zero-order chi connectivity index (χ0) is 30.1. The van der Waals surface area contributed by atoms with E-state index in [9.17, 15) is 19.5 Å². The van der Waals surface area contributed by atoms with Crippen molar-refractivity contribution in [1.29, 1.82) is 0 Å². The molecule has 0 aliphatic carbocycles. The number of aromatic carboxylic acids is 1. The molecule has 0 saturated carbocycles. The molecule has 5 rings (SSSR count). The van der Waals surface area contributed by atoms with Gasteiger partial charge in [-0.05, 0) is 62.7 Å². The maximum atomic E-state index is 13.9. The molecule has 2 aromatic carbocycles. The molecular formula is C31H28N2O8S. The van der Waals surface area contributed by atoms with Crippen molar-refractivity contribution in [3.8, 4) is 22.8 Å². The molecule has 1 unspecified atom stereocenters. The summed E-state index contributed by atoms with van der Waals surface area (Å²) in [5, 5.41) is 9.39. The van der Waals surface area contributed by atoms with Gasteiger partial charge < -0.3 is 23.7 Å². The predicted octanol–water partition coefficient (Wildman–Crippen LogP) is 4.08. The molecule has 0 radical (unpaired) electrons. The van der Waals surface area contributed by atoms with Gasteiger partial charge in [-0.25, -0.2) is 14.6 Å². The monoisotopic (exact) mass is 588 g/mol. The fourth-order valence-electron chi connectivity index (χ4n) is 4.85. The first kappa shape index (κ1) is 28.6. The second-order valence-electron chi connectivity index (χ2n) is 9.45. The molecule has 3 heterocycles. The van der Waals surface area contributed by atoms with Crippen LogP contribution >= 0.6 is 11.3 Å². The van der Waals surface area contributed by atoms with Gasteiger partial charge in [0.1, 0.15) is 29.1 Å². The molecule has 0 spiro atoms. The lowest BCUT2D eigenvalue weighted by Gasteiger charge is -2.26. The molecule has 216 valence electrons. The highest BCUT2D eigenvalue weighted by Gasteiger charge is 2.35. The van der Waals surface area contributed by atoms with Crippen molar-refractivity contribution in [2.24, 2.45) is 4.99 Å². The van der Waals surface area contributed by atoms with Crippen molar-refractivity contribution < 1.29 is 33.3 Å². The number of carbonyl (C=O) groups excluding carboxylic acids is 1. The highest BCUT2D eigenvalue weighted by molar-refractivity contribution is 7.07. The van der Waals surface area contributed by atoms with Gasteiger partial charge in [0.15, 0.2) is 4.80 Å². The second-order valence-corrected chi connectivity index (χ2v) is 10.5. The topological polar surface area (TPSA) is 130 Å². The zero-order valence-corrected chi connectivity index (χ0v) is 24.4. The van der Waals surface area contributed by atoms with Crippen LogP contribution in [0.4, 0.5) is 0 Å². The number of carboxylic acids is 1. The summed E-state index contributed by atoms with van der Waals surface area (Å²) in [6.45, 7) is 5.43. The summed E-state index contributed by atoms with van der Waals surface area (Å²) in [7, 11) is 3.04. The van der Waals surface area contributed by atoms with Crippen LogP contribution in [0.1, 0.15) is 47.1 Å². The minimum Gasteiger partial charge on any atom is -0.497 e. The van der Waals surface area contributed by atoms with E-state index in [0.717, 1.165) is 16.9 Å². The molecule has 0 bridgehead atoms. The SMILES string of the molecule is CCOC(=O)C1=C(C)N=c2sc(=Cc3ccc(-c4cc(C(=O)O)ccc4C)o3)c(=O)n2C1c1ccc(OC)cc1OC. The summed E-state index contributed by atoms with van der Waals surface area (Å²) in [4.78, 5) is 43.6. The van der Waals surface area contributed by atoms with Crippen LogP contribution in [0.2, 0.25) is 0 Å². The summed E-state index contributed by atoms with van der Waals surface area (Å²) in [6, 6.07) is 12.6. The van der Waals surface area contributed by atoms with Gasteiger partial charge in [0.25, 0.3) is 5.56 Å². The lowest BCUT2D eigenvalue weighted by Crippen LogP contribution is -2.40. The highest BCUT2D eigenvalue weighted by Crippen LogP contribution is 2.37. The first-order chi connectivity index (χ1) is 20.2. The fraction of sp³-hybridized carbons (Fsp3) is 0.226. The molecule has 0 fully saturated rings. The summed E-state index contributed by atoms with van der Waals surface area (Å²) >= 11 is 1.16. The van der Waals surface area contributed by atoms with Crippen molar-refractivity contribution in [2.75, 3.05) is 20.8 Å². The smallest absolute Gasteiger partial charge is 0.338 e. The third-order valence-corrected chi connectivity index (χ3v) is 7.89. The Hall–Kier alpha value is -4.90. The molecule has 1 atom stereocenters. The highest BCUT2D eigenvalue weighted by atomic mass is 32.1. The average molecular weight is 589 g/mol. The van der Waals surface area contributed by atoms with E-state index in [0.29, 0.717) is 49.2 Å². The number of nitrogens with zero attached hydrogens (tertiary/aromatic N) is 2. The molecule has 1 aliphatic rings. The first-order valence-corrected chi connectivity index (χ1v) is 13.8. The summed E-state index contributed by atoms with van der Waals surface area (Å²) in [5.74, 6) is 0.237. The largest absolute Gasteiger partial charge is 0.497 e. The number of rotatable bonds is 8. The molecule has 42 heavy (non-hydrogen) atoms. The number of aryl methyl sites for hydroxylation is 1. The first-order valence-electron chi connectivity index (χ1n) is 13.0. The van der Waals surface area contributed by atoms with Crippen LogP contribution in [-0.2, 0) is 9.53 Å². The maximum Gasteiger partial charge on any atom is 0.338 e. The lowest BCUT2D eigenvalue weighted by atomic mass is 9.95. The van der Waals surface area contributed by atoms with E-state index in [4.69, 9.17) is 18.6 Å². The van der Waals surface area contributed by atoms with Crippen LogP contribution in [-0.4, -0.2) is 42.4 Å². The Balaban J connectivity index is 1.66. The van der Waals surface area contributed by atoms with Crippen LogP contribution in [0, 0.1) is 6.92 Å². The molecular weight excluding hydrogens is 560 g/mol. The number of esters is 1. The number of furan rings is 1. The van der Waals surface area contributed by atoms with Gasteiger partial charge in [0.2, 0.25) is 0 Å². The van der Waals surface area contributed by atoms with Crippen molar-refractivity contribution in [2.45, 2.75) is 26.8 Å². The maximum absolute atomic E-state index is 13.9. The molecule has 0 amide bonds. The molecule has 4 aromatic rings. The molecule has 11 heteroatoms. The van der Waals surface area contributed by atoms with Gasteiger partial charge in [0.05, 0.1) is 42.2 Å². The van der Waals surface area contributed by atoms with E-state index in [1.165, 1.54) is 24.9 Å². The number of hydrogen-bond acceptors (Lipinski definition) is 9. The number of benzene rings is 2. The van der Waals surface area contributed by atoms with Gasteiger partial charge in [-0.1, -0.05) is 17.4 Å². The molecule has 1 aliphatic heterocycles. The summed E-state index contributed by atoms with van der Waals surface area (Å²) in [6.07, 6.45) is 1.61. The number of hydrogen-bond donors (Lipinski definition) is 1.